The van der Waals surface area contributed by atoms with Crippen LogP contribution in [0.25, 0.3) is 10.6 Å². The van der Waals surface area contributed by atoms with Gasteiger partial charge in [0.25, 0.3) is 0 Å². The first-order chi connectivity index (χ1) is 16.1. The fourth-order valence-corrected chi connectivity index (χ4v) is 4.77. The van der Waals surface area contributed by atoms with Gasteiger partial charge in [-0.3, -0.25) is 9.69 Å². The van der Waals surface area contributed by atoms with Crippen LogP contribution in [0.2, 0.25) is 0 Å². The standard InChI is InChI=1S/C26H32N4O2S/c1-29-12-14-30(15-13-29)18-21-4-3-5-22(16-21)26-28-23(19-33-26)17-25(31)27-11-10-20-6-8-24(32-2)9-7-20/h3-9,16,19H,10-15,17-18H2,1-2H3,(H,27,31). The second-order valence-corrected chi connectivity index (χ2v) is 9.41. The first-order valence-corrected chi connectivity index (χ1v) is 12.3. The summed E-state index contributed by atoms with van der Waals surface area (Å²) in [5, 5.41) is 5.96. The maximum atomic E-state index is 12.4. The summed E-state index contributed by atoms with van der Waals surface area (Å²) >= 11 is 1.60. The summed E-state index contributed by atoms with van der Waals surface area (Å²) in [6.07, 6.45) is 1.10. The molecule has 0 spiro atoms. The lowest BCUT2D eigenvalue weighted by molar-refractivity contribution is -0.120. The van der Waals surface area contributed by atoms with Crippen molar-refractivity contribution >= 4 is 17.2 Å². The molecule has 1 N–H and O–H groups in total. The maximum absolute atomic E-state index is 12.4. The van der Waals surface area contributed by atoms with E-state index in [0.29, 0.717) is 13.0 Å². The Kier molecular flexibility index (Phi) is 8.10. The molecular weight excluding hydrogens is 432 g/mol. The van der Waals surface area contributed by atoms with Gasteiger partial charge in [0.2, 0.25) is 5.91 Å². The summed E-state index contributed by atoms with van der Waals surface area (Å²) in [5.74, 6) is 0.844. The molecule has 0 atom stereocenters. The monoisotopic (exact) mass is 464 g/mol. The average Bonchev–Trinajstić information content (AvgIpc) is 3.30. The zero-order valence-corrected chi connectivity index (χ0v) is 20.2. The minimum Gasteiger partial charge on any atom is -0.497 e. The van der Waals surface area contributed by atoms with E-state index >= 15 is 0 Å². The molecule has 174 valence electrons. The number of nitrogens with one attached hydrogen (secondary N) is 1. The van der Waals surface area contributed by atoms with Crippen molar-refractivity contribution in [1.29, 1.82) is 0 Å². The number of piperazine rings is 1. The summed E-state index contributed by atoms with van der Waals surface area (Å²) < 4.78 is 5.18. The lowest BCUT2D eigenvalue weighted by Gasteiger charge is -2.32. The number of thiazole rings is 1. The van der Waals surface area contributed by atoms with Gasteiger partial charge in [-0.2, -0.15) is 0 Å². The highest BCUT2D eigenvalue weighted by atomic mass is 32.1. The van der Waals surface area contributed by atoms with Crippen molar-refractivity contribution < 1.29 is 9.53 Å². The van der Waals surface area contributed by atoms with Gasteiger partial charge in [0.15, 0.2) is 0 Å². The molecule has 1 aliphatic heterocycles. The average molecular weight is 465 g/mol. The van der Waals surface area contributed by atoms with Gasteiger partial charge >= 0.3 is 0 Å². The van der Waals surface area contributed by atoms with E-state index in [1.807, 2.05) is 29.6 Å². The van der Waals surface area contributed by atoms with Crippen LogP contribution in [-0.4, -0.2) is 67.6 Å². The highest BCUT2D eigenvalue weighted by molar-refractivity contribution is 7.13. The zero-order valence-electron chi connectivity index (χ0n) is 19.4. The van der Waals surface area contributed by atoms with E-state index in [1.54, 1.807) is 18.4 Å². The van der Waals surface area contributed by atoms with Gasteiger partial charge in [-0.15, -0.1) is 11.3 Å². The number of ether oxygens (including phenoxy) is 1. The van der Waals surface area contributed by atoms with E-state index in [4.69, 9.17) is 9.72 Å². The SMILES string of the molecule is COc1ccc(CCNC(=O)Cc2csc(-c3cccc(CN4CCN(C)CC4)c3)n2)cc1. The van der Waals surface area contributed by atoms with Crippen molar-refractivity contribution in [3.8, 4) is 16.3 Å². The Morgan fingerprint density at radius 3 is 2.64 bits per heavy atom. The molecule has 0 unspecified atom stereocenters. The van der Waals surface area contributed by atoms with E-state index in [0.717, 1.165) is 61.2 Å². The number of aromatic nitrogens is 1. The van der Waals surface area contributed by atoms with E-state index in [-0.39, 0.29) is 5.91 Å². The largest absolute Gasteiger partial charge is 0.497 e. The van der Waals surface area contributed by atoms with Crippen LogP contribution in [-0.2, 0) is 24.2 Å². The molecule has 4 rings (SSSR count). The van der Waals surface area contributed by atoms with E-state index < -0.39 is 0 Å². The molecule has 0 aliphatic carbocycles. The Balaban J connectivity index is 1.27. The fourth-order valence-electron chi connectivity index (χ4n) is 3.95. The summed E-state index contributed by atoms with van der Waals surface area (Å²) in [7, 11) is 3.84. The van der Waals surface area contributed by atoms with E-state index in [1.165, 1.54) is 11.1 Å². The third-order valence-corrected chi connectivity index (χ3v) is 6.90. The Morgan fingerprint density at radius 1 is 1.09 bits per heavy atom. The van der Waals surface area contributed by atoms with Gasteiger partial charge < -0.3 is 15.0 Å². The number of methoxy groups -OCH3 is 1. The molecule has 1 aromatic heterocycles. The van der Waals surface area contributed by atoms with Crippen LogP contribution in [0.15, 0.2) is 53.9 Å². The van der Waals surface area contributed by atoms with Gasteiger partial charge in [0.1, 0.15) is 10.8 Å². The molecule has 3 aromatic rings. The van der Waals surface area contributed by atoms with Crippen LogP contribution in [0, 0.1) is 0 Å². The smallest absolute Gasteiger partial charge is 0.226 e. The van der Waals surface area contributed by atoms with Crippen molar-refractivity contribution in [2.75, 3.05) is 46.9 Å². The summed E-state index contributed by atoms with van der Waals surface area (Å²) in [6, 6.07) is 16.6. The highest BCUT2D eigenvalue weighted by Crippen LogP contribution is 2.25. The number of rotatable bonds is 9. The second-order valence-electron chi connectivity index (χ2n) is 8.55. The predicted molar refractivity (Wildman–Crippen MR) is 134 cm³/mol. The lowest BCUT2D eigenvalue weighted by Crippen LogP contribution is -2.43. The number of carbonyl (C=O) groups excluding carboxylic acids is 1. The molecule has 0 saturated carbocycles. The number of carbonyl (C=O) groups is 1. The van der Waals surface area contributed by atoms with Gasteiger partial charge in [-0.25, -0.2) is 4.98 Å². The molecule has 2 aromatic carbocycles. The molecule has 6 nitrogen and oxygen atoms in total. The number of amides is 1. The minimum atomic E-state index is 0.00387. The predicted octanol–water partition coefficient (Wildman–Crippen LogP) is 3.47. The van der Waals surface area contributed by atoms with Crippen molar-refractivity contribution in [1.82, 2.24) is 20.1 Å². The third-order valence-electron chi connectivity index (χ3n) is 5.96. The van der Waals surface area contributed by atoms with Crippen molar-refractivity contribution in [3.63, 3.8) is 0 Å². The molecule has 2 heterocycles. The van der Waals surface area contributed by atoms with Crippen LogP contribution < -0.4 is 10.1 Å². The Labute approximate surface area is 200 Å². The van der Waals surface area contributed by atoms with Crippen molar-refractivity contribution in [2.45, 2.75) is 19.4 Å². The Bertz CT molecular complexity index is 1040. The molecule has 1 aliphatic rings. The summed E-state index contributed by atoms with van der Waals surface area (Å²) in [6.45, 7) is 6.04. The van der Waals surface area contributed by atoms with Crippen molar-refractivity contribution in [2.24, 2.45) is 0 Å². The highest BCUT2D eigenvalue weighted by Gasteiger charge is 2.15. The van der Waals surface area contributed by atoms with Crippen LogP contribution in [0.4, 0.5) is 0 Å². The zero-order chi connectivity index (χ0) is 23.0. The first-order valence-electron chi connectivity index (χ1n) is 11.4. The molecule has 1 amide bonds. The molecule has 1 fully saturated rings. The lowest BCUT2D eigenvalue weighted by atomic mass is 10.1. The number of nitrogens with zero attached hydrogens (tertiary/aromatic N) is 3. The van der Waals surface area contributed by atoms with Gasteiger partial charge in [0.05, 0.1) is 19.2 Å². The Morgan fingerprint density at radius 2 is 1.88 bits per heavy atom. The number of hydrogen-bond donors (Lipinski definition) is 1. The minimum absolute atomic E-state index is 0.00387. The number of likely N-dealkylation sites (N-methyl/N-ethyl adjacent to an activating group) is 1. The van der Waals surface area contributed by atoms with E-state index in [2.05, 4.69) is 46.4 Å². The third kappa shape index (κ3) is 6.87. The topological polar surface area (TPSA) is 57.7 Å². The molecule has 0 bridgehead atoms. The van der Waals surface area contributed by atoms with Gasteiger partial charge in [-0.05, 0) is 42.8 Å². The fraction of sp³-hybridized carbons (Fsp3) is 0.385. The quantitative estimate of drug-likeness (QED) is 0.526. The maximum Gasteiger partial charge on any atom is 0.226 e. The van der Waals surface area contributed by atoms with Crippen LogP contribution >= 0.6 is 11.3 Å². The van der Waals surface area contributed by atoms with Crippen LogP contribution in [0.3, 0.4) is 0 Å². The second kappa shape index (κ2) is 11.4. The Hall–Kier alpha value is -2.74. The van der Waals surface area contributed by atoms with Gasteiger partial charge in [0, 0.05) is 50.2 Å². The van der Waals surface area contributed by atoms with Crippen LogP contribution in [0.1, 0.15) is 16.8 Å². The molecular formula is C26H32N4O2S. The van der Waals surface area contributed by atoms with Crippen molar-refractivity contribution in [3.05, 3.63) is 70.7 Å². The normalized spacial score (nSPS) is 14.8. The first kappa shape index (κ1) is 23.4. The molecule has 33 heavy (non-hydrogen) atoms. The van der Waals surface area contributed by atoms with Gasteiger partial charge in [-0.1, -0.05) is 30.3 Å². The molecule has 7 heteroatoms. The molecule has 1 saturated heterocycles. The summed E-state index contributed by atoms with van der Waals surface area (Å²) in [4.78, 5) is 22.0. The molecule has 0 radical (unpaired) electrons. The summed E-state index contributed by atoms with van der Waals surface area (Å²) in [5.41, 5.74) is 4.42. The van der Waals surface area contributed by atoms with Crippen LogP contribution in [0.5, 0.6) is 5.75 Å². The number of benzene rings is 2. The van der Waals surface area contributed by atoms with E-state index in [9.17, 15) is 4.79 Å². The number of hydrogen-bond acceptors (Lipinski definition) is 6.